The molecule has 3 rings (SSSR count). The molecule has 3 N–H and O–H groups in total. The Morgan fingerprint density at radius 2 is 1.90 bits per heavy atom. The zero-order valence-corrected chi connectivity index (χ0v) is 13.6. The van der Waals surface area contributed by atoms with Crippen LogP contribution in [0.4, 0.5) is 0 Å². The molecular weight excluding hydrogens is 309 g/mol. The molecule has 21 heavy (non-hydrogen) atoms. The SMILES string of the molecule is Cl.Cl.NC1(C(=O)NCCN2CCc3ccccc3C2)CC1. The van der Waals surface area contributed by atoms with Crippen LogP contribution in [0.2, 0.25) is 0 Å². The first kappa shape index (κ1) is 18.2. The van der Waals surface area contributed by atoms with Gasteiger partial charge in [-0.1, -0.05) is 24.3 Å². The van der Waals surface area contributed by atoms with Crippen molar-refractivity contribution in [2.24, 2.45) is 5.73 Å². The molecule has 1 aromatic carbocycles. The summed E-state index contributed by atoms with van der Waals surface area (Å²) in [6.07, 6.45) is 2.76. The van der Waals surface area contributed by atoms with Crippen molar-refractivity contribution in [3.8, 4) is 0 Å². The summed E-state index contributed by atoms with van der Waals surface area (Å²) < 4.78 is 0. The largest absolute Gasteiger partial charge is 0.353 e. The maximum atomic E-state index is 11.7. The molecule has 0 unspecified atom stereocenters. The minimum Gasteiger partial charge on any atom is -0.353 e. The maximum Gasteiger partial charge on any atom is 0.240 e. The number of amides is 1. The number of nitrogens with zero attached hydrogens (tertiary/aromatic N) is 1. The van der Waals surface area contributed by atoms with Gasteiger partial charge in [0.25, 0.3) is 0 Å². The molecule has 2 aliphatic rings. The number of hydrogen-bond acceptors (Lipinski definition) is 3. The Morgan fingerprint density at radius 3 is 2.57 bits per heavy atom. The van der Waals surface area contributed by atoms with Crippen LogP contribution in [0.5, 0.6) is 0 Å². The Labute approximate surface area is 138 Å². The van der Waals surface area contributed by atoms with Gasteiger partial charge in [0.15, 0.2) is 0 Å². The van der Waals surface area contributed by atoms with Crippen molar-refractivity contribution < 1.29 is 4.79 Å². The van der Waals surface area contributed by atoms with E-state index in [2.05, 4.69) is 34.5 Å². The van der Waals surface area contributed by atoms with Gasteiger partial charge in [-0.05, 0) is 30.4 Å². The first-order valence-corrected chi connectivity index (χ1v) is 7.04. The van der Waals surface area contributed by atoms with Crippen molar-refractivity contribution in [2.75, 3.05) is 19.6 Å². The number of nitrogens with two attached hydrogens (primary N) is 1. The van der Waals surface area contributed by atoms with Crippen LogP contribution in [0.1, 0.15) is 24.0 Å². The van der Waals surface area contributed by atoms with E-state index in [-0.39, 0.29) is 30.7 Å². The second-order valence-corrected chi connectivity index (χ2v) is 5.71. The Hall–Kier alpha value is -0.810. The summed E-state index contributed by atoms with van der Waals surface area (Å²) in [5.41, 5.74) is 8.17. The van der Waals surface area contributed by atoms with E-state index in [4.69, 9.17) is 5.73 Å². The number of fused-ring (bicyclic) bond motifs is 1. The molecular formula is C15H23Cl2N3O. The fourth-order valence-electron chi connectivity index (χ4n) is 2.61. The van der Waals surface area contributed by atoms with Gasteiger partial charge in [0.2, 0.25) is 5.91 Å². The molecule has 1 fully saturated rings. The van der Waals surface area contributed by atoms with Gasteiger partial charge in [0, 0.05) is 26.2 Å². The zero-order chi connectivity index (χ0) is 13.3. The Balaban J connectivity index is 0.00000110. The van der Waals surface area contributed by atoms with Crippen molar-refractivity contribution >= 4 is 30.7 Å². The molecule has 118 valence electrons. The molecule has 0 spiro atoms. The van der Waals surface area contributed by atoms with Crippen LogP contribution in [0.15, 0.2) is 24.3 Å². The first-order valence-electron chi connectivity index (χ1n) is 7.04. The minimum absolute atomic E-state index is 0. The highest BCUT2D eigenvalue weighted by atomic mass is 35.5. The minimum atomic E-state index is -0.547. The summed E-state index contributed by atoms with van der Waals surface area (Å²) in [6, 6.07) is 8.60. The number of nitrogens with one attached hydrogen (secondary N) is 1. The lowest BCUT2D eigenvalue weighted by molar-refractivity contribution is -0.123. The van der Waals surface area contributed by atoms with E-state index in [1.807, 2.05) is 0 Å². The van der Waals surface area contributed by atoms with Crippen molar-refractivity contribution in [2.45, 2.75) is 31.3 Å². The fraction of sp³-hybridized carbons (Fsp3) is 0.533. The highest BCUT2D eigenvalue weighted by Crippen LogP contribution is 2.31. The third-order valence-corrected chi connectivity index (χ3v) is 4.16. The van der Waals surface area contributed by atoms with E-state index in [9.17, 15) is 4.79 Å². The Kier molecular flexibility index (Phi) is 6.47. The normalized spacial score (nSPS) is 18.7. The lowest BCUT2D eigenvalue weighted by Crippen LogP contribution is -2.45. The first-order chi connectivity index (χ1) is 9.17. The Morgan fingerprint density at radius 1 is 1.24 bits per heavy atom. The molecule has 0 atom stereocenters. The van der Waals surface area contributed by atoms with E-state index in [0.29, 0.717) is 6.54 Å². The highest BCUT2D eigenvalue weighted by Gasteiger charge is 2.45. The third kappa shape index (κ3) is 4.33. The van der Waals surface area contributed by atoms with Crippen molar-refractivity contribution in [3.05, 3.63) is 35.4 Å². The molecule has 1 amide bonds. The standard InChI is InChI=1S/C15H21N3O.2ClH/c16-15(6-7-15)14(19)17-8-10-18-9-5-12-3-1-2-4-13(12)11-18;;/h1-4H,5-11,16H2,(H,17,19);2*1H. The number of rotatable bonds is 4. The van der Waals surface area contributed by atoms with Crippen LogP contribution >= 0.6 is 24.8 Å². The zero-order valence-electron chi connectivity index (χ0n) is 12.0. The maximum absolute atomic E-state index is 11.7. The molecule has 0 radical (unpaired) electrons. The summed E-state index contributed by atoms with van der Waals surface area (Å²) in [6.45, 7) is 3.65. The molecule has 1 heterocycles. The number of hydrogen-bond donors (Lipinski definition) is 2. The van der Waals surface area contributed by atoms with E-state index in [1.165, 1.54) is 11.1 Å². The lowest BCUT2D eigenvalue weighted by Gasteiger charge is -2.28. The van der Waals surface area contributed by atoms with Crippen LogP contribution in [0.3, 0.4) is 0 Å². The van der Waals surface area contributed by atoms with Crippen LogP contribution in [0.25, 0.3) is 0 Å². The molecule has 1 aliphatic carbocycles. The number of carbonyl (C=O) groups excluding carboxylic acids is 1. The van der Waals surface area contributed by atoms with Gasteiger partial charge in [-0.15, -0.1) is 24.8 Å². The van der Waals surface area contributed by atoms with Gasteiger partial charge in [-0.2, -0.15) is 0 Å². The fourth-order valence-corrected chi connectivity index (χ4v) is 2.61. The third-order valence-electron chi connectivity index (χ3n) is 4.16. The summed E-state index contributed by atoms with van der Waals surface area (Å²) in [7, 11) is 0. The van der Waals surface area contributed by atoms with Crippen molar-refractivity contribution in [1.29, 1.82) is 0 Å². The van der Waals surface area contributed by atoms with Gasteiger partial charge in [-0.3, -0.25) is 9.69 Å². The highest BCUT2D eigenvalue weighted by molar-refractivity contribution is 5.88. The molecule has 6 heteroatoms. The summed E-state index contributed by atoms with van der Waals surface area (Å²) >= 11 is 0. The van der Waals surface area contributed by atoms with Crippen molar-refractivity contribution in [3.63, 3.8) is 0 Å². The molecule has 0 saturated heterocycles. The second kappa shape index (κ2) is 7.45. The van der Waals surface area contributed by atoms with E-state index in [1.54, 1.807) is 0 Å². The van der Waals surface area contributed by atoms with Gasteiger partial charge >= 0.3 is 0 Å². The predicted octanol–water partition coefficient (Wildman–Crippen LogP) is 1.50. The number of carbonyl (C=O) groups is 1. The smallest absolute Gasteiger partial charge is 0.240 e. The molecule has 4 nitrogen and oxygen atoms in total. The molecule has 1 aromatic rings. The predicted molar refractivity (Wildman–Crippen MR) is 89.1 cm³/mol. The van der Waals surface area contributed by atoms with E-state index >= 15 is 0 Å². The summed E-state index contributed by atoms with van der Waals surface area (Å²) in [5, 5.41) is 2.95. The van der Waals surface area contributed by atoms with Crippen LogP contribution in [-0.4, -0.2) is 36.0 Å². The van der Waals surface area contributed by atoms with Crippen molar-refractivity contribution in [1.82, 2.24) is 10.2 Å². The average Bonchev–Trinajstić information content (AvgIpc) is 3.18. The van der Waals surface area contributed by atoms with Gasteiger partial charge in [0.1, 0.15) is 0 Å². The molecule has 1 saturated carbocycles. The van der Waals surface area contributed by atoms with Gasteiger partial charge < -0.3 is 11.1 Å². The van der Waals surface area contributed by atoms with Gasteiger partial charge in [-0.25, -0.2) is 0 Å². The van der Waals surface area contributed by atoms with E-state index < -0.39 is 5.54 Å². The Bertz CT molecular complexity index is 492. The summed E-state index contributed by atoms with van der Waals surface area (Å²) in [5.74, 6) is 0.0184. The van der Waals surface area contributed by atoms with Crippen LogP contribution in [-0.2, 0) is 17.8 Å². The second-order valence-electron chi connectivity index (χ2n) is 5.71. The average molecular weight is 332 g/mol. The number of benzene rings is 1. The van der Waals surface area contributed by atoms with Gasteiger partial charge in [0.05, 0.1) is 5.54 Å². The molecule has 0 bridgehead atoms. The molecule has 1 aliphatic heterocycles. The van der Waals surface area contributed by atoms with E-state index in [0.717, 1.165) is 38.9 Å². The quantitative estimate of drug-likeness (QED) is 0.878. The number of halogens is 2. The van der Waals surface area contributed by atoms with Crippen LogP contribution in [0, 0.1) is 0 Å². The topological polar surface area (TPSA) is 58.4 Å². The lowest BCUT2D eigenvalue weighted by atomic mass is 10.00. The monoisotopic (exact) mass is 331 g/mol. The molecule has 0 aromatic heterocycles. The summed E-state index contributed by atoms with van der Waals surface area (Å²) in [4.78, 5) is 14.1. The van der Waals surface area contributed by atoms with Crippen LogP contribution < -0.4 is 11.1 Å².